The van der Waals surface area contributed by atoms with E-state index in [9.17, 15) is 14.3 Å². The largest absolute Gasteiger partial charge is 0.484 e. The number of rotatable bonds is 7. The first-order valence-corrected chi connectivity index (χ1v) is 9.11. The summed E-state index contributed by atoms with van der Waals surface area (Å²) in [6, 6.07) is 5.29. The third kappa shape index (κ3) is 5.66. The van der Waals surface area contributed by atoms with Crippen molar-refractivity contribution in [2.45, 2.75) is 25.6 Å². The van der Waals surface area contributed by atoms with Gasteiger partial charge in [0.15, 0.2) is 11.5 Å². The second kappa shape index (κ2) is 9.16. The molecule has 1 aliphatic heterocycles. The number of nitrogens with one attached hydrogen (secondary N) is 1. The van der Waals surface area contributed by atoms with E-state index < -0.39 is 5.82 Å². The predicted octanol–water partition coefficient (Wildman–Crippen LogP) is 2.23. The van der Waals surface area contributed by atoms with Crippen LogP contribution in [0.3, 0.4) is 0 Å². The molecule has 146 valence electrons. The van der Waals surface area contributed by atoms with Crippen molar-refractivity contribution < 1.29 is 23.6 Å². The first kappa shape index (κ1) is 19.6. The summed E-state index contributed by atoms with van der Waals surface area (Å²) in [5.41, 5.74) is 0.150. The highest BCUT2D eigenvalue weighted by Crippen LogP contribution is 2.25. The summed E-state index contributed by atoms with van der Waals surface area (Å²) < 4.78 is 23.5. The van der Waals surface area contributed by atoms with Crippen LogP contribution < -0.4 is 10.1 Å². The molecule has 1 aliphatic rings. The van der Waals surface area contributed by atoms with E-state index in [1.165, 1.54) is 18.2 Å². The van der Waals surface area contributed by atoms with Crippen LogP contribution in [0.25, 0.3) is 0 Å². The minimum absolute atomic E-state index is 0.0112. The molecule has 1 aromatic heterocycles. The van der Waals surface area contributed by atoms with Crippen LogP contribution in [0, 0.1) is 5.82 Å². The quantitative estimate of drug-likeness (QED) is 0.745. The number of aromatic nitrogens is 1. The van der Waals surface area contributed by atoms with Gasteiger partial charge in [0.05, 0.1) is 11.1 Å². The highest BCUT2D eigenvalue weighted by Gasteiger charge is 2.18. The molecule has 3 rings (SSSR count). The third-order valence-corrected chi connectivity index (χ3v) is 4.55. The maximum Gasteiger partial charge on any atom is 0.273 e. The zero-order valence-corrected chi connectivity index (χ0v) is 15.4. The Hall–Kier alpha value is -2.16. The van der Waals surface area contributed by atoms with Crippen molar-refractivity contribution in [2.24, 2.45) is 0 Å². The molecule has 1 fully saturated rings. The Balaban J connectivity index is 1.44. The fraction of sp³-hybridized carbons (Fsp3) is 0.444. The number of benzene rings is 1. The Morgan fingerprint density at radius 3 is 3.11 bits per heavy atom. The molecule has 9 heteroatoms. The van der Waals surface area contributed by atoms with Crippen LogP contribution in [-0.2, 0) is 6.61 Å². The van der Waals surface area contributed by atoms with E-state index >= 15 is 0 Å². The van der Waals surface area contributed by atoms with Crippen molar-refractivity contribution in [2.75, 3.05) is 26.2 Å². The number of β-amino-alcohol motifs (C(OH)–C–C–N with tert-alkyl or cyclic N) is 1. The van der Waals surface area contributed by atoms with E-state index in [2.05, 4.69) is 15.4 Å². The Morgan fingerprint density at radius 1 is 1.48 bits per heavy atom. The van der Waals surface area contributed by atoms with Crippen LogP contribution >= 0.6 is 11.6 Å². The molecule has 2 N–H and O–H groups in total. The number of carbonyl (C=O) groups is 1. The summed E-state index contributed by atoms with van der Waals surface area (Å²) in [5.74, 6) is -0.142. The van der Waals surface area contributed by atoms with Crippen LogP contribution in [0.15, 0.2) is 28.8 Å². The lowest BCUT2D eigenvalue weighted by molar-refractivity contribution is 0.0702. The number of nitrogens with zero attached hydrogens (tertiary/aromatic N) is 2. The highest BCUT2D eigenvalue weighted by atomic mass is 35.5. The number of likely N-dealkylation sites (tertiary alicyclic amines) is 1. The van der Waals surface area contributed by atoms with Gasteiger partial charge in [-0.1, -0.05) is 16.8 Å². The Kier molecular flexibility index (Phi) is 6.65. The highest BCUT2D eigenvalue weighted by molar-refractivity contribution is 6.32. The lowest BCUT2D eigenvalue weighted by Gasteiger charge is -2.29. The van der Waals surface area contributed by atoms with Crippen LogP contribution in [0.4, 0.5) is 4.39 Å². The van der Waals surface area contributed by atoms with Gasteiger partial charge in [0.1, 0.15) is 18.2 Å². The number of aliphatic hydroxyl groups excluding tert-OH is 1. The SMILES string of the molecule is O=C(NCCN1CCC[C@H](O)C1)c1cc(COc2ccc(F)cc2Cl)on1. The fourth-order valence-electron chi connectivity index (χ4n) is 2.88. The van der Waals surface area contributed by atoms with Crippen molar-refractivity contribution in [1.29, 1.82) is 0 Å². The number of amides is 1. The fourth-order valence-corrected chi connectivity index (χ4v) is 3.10. The van der Waals surface area contributed by atoms with Gasteiger partial charge in [-0.3, -0.25) is 9.69 Å². The van der Waals surface area contributed by atoms with Gasteiger partial charge in [-0.15, -0.1) is 0 Å². The summed E-state index contributed by atoms with van der Waals surface area (Å²) in [6.07, 6.45) is 1.50. The zero-order chi connectivity index (χ0) is 19.2. The molecule has 0 bridgehead atoms. The lowest BCUT2D eigenvalue weighted by atomic mass is 10.1. The molecule has 1 atom stereocenters. The molecule has 0 radical (unpaired) electrons. The van der Waals surface area contributed by atoms with E-state index in [0.717, 1.165) is 25.5 Å². The van der Waals surface area contributed by atoms with Gasteiger partial charge in [0, 0.05) is 25.7 Å². The first-order valence-electron chi connectivity index (χ1n) is 8.73. The molecule has 2 aromatic rings. The summed E-state index contributed by atoms with van der Waals surface area (Å²) >= 11 is 5.89. The molecule has 2 heterocycles. The minimum Gasteiger partial charge on any atom is -0.484 e. The smallest absolute Gasteiger partial charge is 0.273 e. The number of piperidine rings is 1. The molecule has 7 nitrogen and oxygen atoms in total. The Morgan fingerprint density at radius 2 is 2.33 bits per heavy atom. The molecular weight excluding hydrogens is 377 g/mol. The second-order valence-electron chi connectivity index (χ2n) is 6.39. The van der Waals surface area contributed by atoms with E-state index in [-0.39, 0.29) is 29.3 Å². The molecular formula is C18H21ClFN3O4. The number of halogens is 2. The molecule has 1 saturated heterocycles. The molecule has 1 amide bonds. The predicted molar refractivity (Wildman–Crippen MR) is 96.3 cm³/mol. The van der Waals surface area contributed by atoms with Crippen LogP contribution in [0.5, 0.6) is 5.75 Å². The van der Waals surface area contributed by atoms with E-state index in [1.54, 1.807) is 0 Å². The molecule has 0 saturated carbocycles. The number of ether oxygens (including phenoxy) is 1. The standard InChI is InChI=1S/C18H21ClFN3O4/c19-15-8-12(20)3-4-17(15)26-11-14-9-16(22-27-14)18(25)21-5-7-23-6-1-2-13(24)10-23/h3-4,8-9,13,24H,1-2,5-7,10-11H2,(H,21,25)/t13-/m0/s1. The van der Waals surface area contributed by atoms with Gasteiger partial charge in [-0.25, -0.2) is 4.39 Å². The summed E-state index contributed by atoms with van der Waals surface area (Å²) in [6.45, 7) is 2.68. The number of aliphatic hydroxyl groups is 1. The van der Waals surface area contributed by atoms with E-state index in [1.807, 2.05) is 0 Å². The van der Waals surface area contributed by atoms with Gasteiger partial charge in [0.25, 0.3) is 5.91 Å². The average Bonchev–Trinajstić information content (AvgIpc) is 3.10. The minimum atomic E-state index is -0.454. The van der Waals surface area contributed by atoms with E-state index in [0.29, 0.717) is 31.1 Å². The maximum atomic E-state index is 13.0. The average molecular weight is 398 g/mol. The van der Waals surface area contributed by atoms with Crippen molar-refractivity contribution in [3.8, 4) is 5.75 Å². The van der Waals surface area contributed by atoms with Gasteiger partial charge in [0.2, 0.25) is 0 Å². The molecule has 0 unspecified atom stereocenters. The Labute approximate surface area is 161 Å². The first-order chi connectivity index (χ1) is 13.0. The second-order valence-corrected chi connectivity index (χ2v) is 6.80. The van der Waals surface area contributed by atoms with Crippen molar-refractivity contribution in [3.63, 3.8) is 0 Å². The third-order valence-electron chi connectivity index (χ3n) is 4.25. The van der Waals surface area contributed by atoms with Gasteiger partial charge in [-0.05, 0) is 37.6 Å². The zero-order valence-electron chi connectivity index (χ0n) is 14.7. The van der Waals surface area contributed by atoms with E-state index in [4.69, 9.17) is 20.9 Å². The lowest BCUT2D eigenvalue weighted by Crippen LogP contribution is -2.42. The van der Waals surface area contributed by atoms with Crippen molar-refractivity contribution >= 4 is 17.5 Å². The maximum absolute atomic E-state index is 13.0. The summed E-state index contributed by atoms with van der Waals surface area (Å²) in [5, 5.41) is 16.3. The van der Waals surface area contributed by atoms with Gasteiger partial charge < -0.3 is 19.7 Å². The molecule has 0 spiro atoms. The van der Waals surface area contributed by atoms with Crippen molar-refractivity contribution in [3.05, 3.63) is 46.6 Å². The number of carbonyl (C=O) groups excluding carboxylic acids is 1. The van der Waals surface area contributed by atoms with Crippen LogP contribution in [-0.4, -0.2) is 53.4 Å². The molecule has 27 heavy (non-hydrogen) atoms. The van der Waals surface area contributed by atoms with Gasteiger partial charge in [-0.2, -0.15) is 0 Å². The summed E-state index contributed by atoms with van der Waals surface area (Å²) in [7, 11) is 0. The van der Waals surface area contributed by atoms with Crippen LogP contribution in [0.1, 0.15) is 29.1 Å². The normalized spacial score (nSPS) is 17.7. The monoisotopic (exact) mass is 397 g/mol. The number of hydrogen-bond acceptors (Lipinski definition) is 6. The van der Waals surface area contributed by atoms with Crippen LogP contribution in [0.2, 0.25) is 5.02 Å². The number of hydrogen-bond donors (Lipinski definition) is 2. The topological polar surface area (TPSA) is 87.8 Å². The van der Waals surface area contributed by atoms with Crippen molar-refractivity contribution in [1.82, 2.24) is 15.4 Å². The Bertz CT molecular complexity index is 786. The summed E-state index contributed by atoms with van der Waals surface area (Å²) in [4.78, 5) is 14.2. The molecule has 1 aromatic carbocycles. The molecule has 0 aliphatic carbocycles. The van der Waals surface area contributed by atoms with Gasteiger partial charge >= 0.3 is 0 Å².